The smallest absolute Gasteiger partial charge is 0.244 e. The van der Waals surface area contributed by atoms with Gasteiger partial charge in [-0.3, -0.25) is 9.79 Å². The monoisotopic (exact) mass is 597 g/mol. The molecule has 0 unspecified atom stereocenters. The zero-order chi connectivity index (χ0) is 31.1. The fourth-order valence-electron chi connectivity index (χ4n) is 4.69. The van der Waals surface area contributed by atoms with Gasteiger partial charge < -0.3 is 26.3 Å². The number of benzene rings is 3. The molecule has 10 nitrogen and oxygen atoms in total. The van der Waals surface area contributed by atoms with Crippen LogP contribution in [0.25, 0.3) is 11.1 Å². The van der Waals surface area contributed by atoms with E-state index in [1.54, 1.807) is 10.9 Å². The number of carbonyl (C=O) groups is 1. The maximum absolute atomic E-state index is 13.3. The van der Waals surface area contributed by atoms with Crippen molar-refractivity contribution < 1.29 is 14.3 Å². The summed E-state index contributed by atoms with van der Waals surface area (Å²) in [5.74, 6) is 1.97. The van der Waals surface area contributed by atoms with E-state index in [1.165, 1.54) is 0 Å². The molecule has 0 bridgehead atoms. The van der Waals surface area contributed by atoms with Crippen molar-refractivity contribution in [3.8, 4) is 22.6 Å². The van der Waals surface area contributed by atoms with Gasteiger partial charge in [-0.1, -0.05) is 85.8 Å². The summed E-state index contributed by atoms with van der Waals surface area (Å²) in [7, 11) is 0. The highest BCUT2D eigenvalue weighted by molar-refractivity contribution is 5.80. The molecular formula is C34H43N7O3. The van der Waals surface area contributed by atoms with Crippen LogP contribution < -0.4 is 26.3 Å². The van der Waals surface area contributed by atoms with Gasteiger partial charge in [-0.2, -0.15) is 0 Å². The first-order valence-electron chi connectivity index (χ1n) is 15.1. The summed E-state index contributed by atoms with van der Waals surface area (Å²) in [6.45, 7) is 6.12. The summed E-state index contributed by atoms with van der Waals surface area (Å²) in [5, 5.41) is 11.6. The third kappa shape index (κ3) is 9.86. The molecule has 1 atom stereocenters. The van der Waals surface area contributed by atoms with E-state index in [0.29, 0.717) is 49.9 Å². The molecule has 44 heavy (non-hydrogen) atoms. The standard InChI is InChI=1S/C34H43N7O3/c1-25(2)19-22-43-31-16-8-6-13-28(31)29-14-7-9-17-32(29)44-24-27-23-41(40-39-27)30(15-10-20-38-34(35)36)33(42)37-21-18-26-11-4-3-5-12-26/h3-9,11-14,16-17,23,25,30H,10,15,18-22,24H2,1-2H3,(H,37,42)(H4,35,36,38)/t30-/m1/s1. The minimum Gasteiger partial charge on any atom is -0.493 e. The first kappa shape index (κ1) is 32.1. The van der Waals surface area contributed by atoms with Crippen molar-refractivity contribution in [3.63, 3.8) is 0 Å². The zero-order valence-corrected chi connectivity index (χ0v) is 25.6. The van der Waals surface area contributed by atoms with Crippen LogP contribution in [0.5, 0.6) is 11.5 Å². The second-order valence-corrected chi connectivity index (χ2v) is 11.0. The van der Waals surface area contributed by atoms with Crippen LogP contribution in [0.1, 0.15) is 50.4 Å². The predicted octanol–water partition coefficient (Wildman–Crippen LogP) is 4.90. The van der Waals surface area contributed by atoms with Crippen molar-refractivity contribution in [3.05, 3.63) is 96.3 Å². The van der Waals surface area contributed by atoms with E-state index in [9.17, 15) is 4.79 Å². The number of guanidine groups is 1. The Morgan fingerprint density at radius 3 is 2.25 bits per heavy atom. The summed E-state index contributed by atoms with van der Waals surface area (Å²) in [4.78, 5) is 17.3. The molecule has 0 aliphatic carbocycles. The van der Waals surface area contributed by atoms with Gasteiger partial charge in [0.15, 0.2) is 5.96 Å². The van der Waals surface area contributed by atoms with Crippen LogP contribution in [0.3, 0.4) is 0 Å². The van der Waals surface area contributed by atoms with Crippen molar-refractivity contribution in [2.75, 3.05) is 19.7 Å². The largest absolute Gasteiger partial charge is 0.493 e. The van der Waals surface area contributed by atoms with Gasteiger partial charge in [0, 0.05) is 24.2 Å². The number of rotatable bonds is 17. The second kappa shape index (κ2) is 16.7. The van der Waals surface area contributed by atoms with Crippen molar-refractivity contribution in [1.82, 2.24) is 20.3 Å². The Morgan fingerprint density at radius 1 is 0.909 bits per heavy atom. The first-order valence-corrected chi connectivity index (χ1v) is 15.1. The molecular weight excluding hydrogens is 554 g/mol. The Labute approximate surface area is 259 Å². The number of aliphatic imine (C=N–C) groups is 1. The number of ether oxygens (including phenoxy) is 2. The molecule has 1 heterocycles. The van der Waals surface area contributed by atoms with E-state index in [4.69, 9.17) is 20.9 Å². The molecule has 5 N–H and O–H groups in total. The summed E-state index contributed by atoms with van der Waals surface area (Å²) < 4.78 is 14.0. The maximum Gasteiger partial charge on any atom is 0.244 e. The quantitative estimate of drug-likeness (QED) is 0.0892. The number of hydrogen-bond acceptors (Lipinski definition) is 6. The first-order chi connectivity index (χ1) is 21.4. The molecule has 1 amide bonds. The highest BCUT2D eigenvalue weighted by atomic mass is 16.5. The topological polar surface area (TPSA) is 143 Å². The van der Waals surface area contributed by atoms with Crippen LogP contribution >= 0.6 is 0 Å². The third-order valence-corrected chi connectivity index (χ3v) is 7.06. The van der Waals surface area contributed by atoms with Gasteiger partial charge in [0.05, 0.1) is 12.8 Å². The number of carbonyl (C=O) groups excluding carboxylic acids is 1. The van der Waals surface area contributed by atoms with Gasteiger partial charge >= 0.3 is 0 Å². The Kier molecular flexibility index (Phi) is 12.2. The maximum atomic E-state index is 13.3. The number of nitrogens with one attached hydrogen (secondary N) is 1. The van der Waals surface area contributed by atoms with E-state index in [0.717, 1.165) is 35.3 Å². The highest BCUT2D eigenvalue weighted by Crippen LogP contribution is 2.36. The van der Waals surface area contributed by atoms with Gasteiger partial charge in [-0.15, -0.1) is 5.10 Å². The molecule has 232 valence electrons. The Morgan fingerprint density at radius 2 is 1.57 bits per heavy atom. The van der Waals surface area contributed by atoms with Gasteiger partial charge in [0.1, 0.15) is 29.8 Å². The summed E-state index contributed by atoms with van der Waals surface area (Å²) in [5.41, 5.74) is 14.6. The van der Waals surface area contributed by atoms with E-state index < -0.39 is 6.04 Å². The number of nitrogens with two attached hydrogens (primary N) is 2. The number of amides is 1. The van der Waals surface area contributed by atoms with Crippen molar-refractivity contribution in [1.29, 1.82) is 0 Å². The molecule has 0 saturated carbocycles. The summed E-state index contributed by atoms with van der Waals surface area (Å²) in [6.07, 6.45) is 4.56. The molecule has 3 aromatic carbocycles. The Hall–Kier alpha value is -4.86. The van der Waals surface area contributed by atoms with E-state index in [2.05, 4.69) is 34.5 Å². The van der Waals surface area contributed by atoms with Crippen LogP contribution in [-0.2, 0) is 17.8 Å². The van der Waals surface area contributed by atoms with Crippen LogP contribution in [0, 0.1) is 5.92 Å². The zero-order valence-electron chi connectivity index (χ0n) is 25.6. The second-order valence-electron chi connectivity index (χ2n) is 11.0. The van der Waals surface area contributed by atoms with E-state index in [-0.39, 0.29) is 18.5 Å². The lowest BCUT2D eigenvalue weighted by atomic mass is 10.0. The lowest BCUT2D eigenvalue weighted by Crippen LogP contribution is -2.34. The lowest BCUT2D eigenvalue weighted by molar-refractivity contribution is -0.124. The number of para-hydroxylation sites is 2. The molecule has 4 aromatic rings. The Balaban J connectivity index is 1.43. The SMILES string of the molecule is CC(C)CCOc1ccccc1-c1ccccc1OCc1cn([C@H](CCCN=C(N)N)C(=O)NCCc2ccccc2)nn1. The summed E-state index contributed by atoms with van der Waals surface area (Å²) >= 11 is 0. The molecule has 1 aromatic heterocycles. The molecule has 0 aliphatic rings. The number of hydrogen-bond donors (Lipinski definition) is 3. The van der Waals surface area contributed by atoms with Crippen LogP contribution in [-0.4, -0.2) is 46.6 Å². The normalized spacial score (nSPS) is 11.6. The molecule has 4 rings (SSSR count). The minimum atomic E-state index is -0.566. The molecule has 0 radical (unpaired) electrons. The average Bonchev–Trinajstić information content (AvgIpc) is 3.49. The summed E-state index contributed by atoms with van der Waals surface area (Å²) in [6, 6.07) is 25.3. The van der Waals surface area contributed by atoms with Crippen LogP contribution in [0.2, 0.25) is 0 Å². The molecule has 0 saturated heterocycles. The average molecular weight is 598 g/mol. The van der Waals surface area contributed by atoms with Crippen molar-refractivity contribution >= 4 is 11.9 Å². The van der Waals surface area contributed by atoms with Crippen molar-refractivity contribution in [2.24, 2.45) is 22.4 Å². The molecule has 0 spiro atoms. The van der Waals surface area contributed by atoms with Gasteiger partial charge in [-0.05, 0) is 49.3 Å². The number of aromatic nitrogens is 3. The minimum absolute atomic E-state index is 0.0269. The van der Waals surface area contributed by atoms with Crippen molar-refractivity contribution in [2.45, 2.75) is 52.2 Å². The van der Waals surface area contributed by atoms with Gasteiger partial charge in [0.2, 0.25) is 5.91 Å². The fourth-order valence-corrected chi connectivity index (χ4v) is 4.69. The van der Waals surface area contributed by atoms with Gasteiger partial charge in [-0.25, -0.2) is 4.68 Å². The molecule has 10 heteroatoms. The molecule has 0 fully saturated rings. The highest BCUT2D eigenvalue weighted by Gasteiger charge is 2.22. The predicted molar refractivity (Wildman–Crippen MR) is 173 cm³/mol. The molecule has 0 aliphatic heterocycles. The van der Waals surface area contributed by atoms with E-state index in [1.807, 2.05) is 78.9 Å². The third-order valence-electron chi connectivity index (χ3n) is 7.06. The van der Waals surface area contributed by atoms with Crippen LogP contribution in [0.15, 0.2) is 90.1 Å². The van der Waals surface area contributed by atoms with Crippen LogP contribution in [0.4, 0.5) is 0 Å². The fraction of sp³-hybridized carbons (Fsp3) is 0.353. The number of nitrogens with zero attached hydrogens (tertiary/aromatic N) is 4. The van der Waals surface area contributed by atoms with E-state index >= 15 is 0 Å². The Bertz CT molecular complexity index is 1480. The van der Waals surface area contributed by atoms with Gasteiger partial charge in [0.25, 0.3) is 0 Å². The lowest BCUT2D eigenvalue weighted by Gasteiger charge is -2.16.